The summed E-state index contributed by atoms with van der Waals surface area (Å²) in [5, 5.41) is 2.76. The summed E-state index contributed by atoms with van der Waals surface area (Å²) in [5.74, 6) is -1.86. The van der Waals surface area contributed by atoms with E-state index in [9.17, 15) is 30.8 Å². The second kappa shape index (κ2) is 10.5. The first-order valence-electron chi connectivity index (χ1n) is 12.7. The Balaban J connectivity index is 1.37. The van der Waals surface area contributed by atoms with Gasteiger partial charge >= 0.3 is 6.18 Å². The number of carbonyl (C=O) groups is 1. The van der Waals surface area contributed by atoms with Crippen LogP contribution in [-0.4, -0.2) is 50.6 Å². The van der Waals surface area contributed by atoms with Crippen molar-refractivity contribution in [2.75, 3.05) is 0 Å². The van der Waals surface area contributed by atoms with E-state index in [1.54, 1.807) is 6.92 Å². The predicted molar refractivity (Wildman–Crippen MR) is 134 cm³/mol. The molecule has 0 radical (unpaired) electrons. The largest absolute Gasteiger partial charge is 0.451 e. The summed E-state index contributed by atoms with van der Waals surface area (Å²) >= 11 is 0. The summed E-state index contributed by atoms with van der Waals surface area (Å²) in [6, 6.07) is 4.51. The lowest BCUT2D eigenvalue weighted by Crippen LogP contribution is -2.48. The third kappa shape index (κ3) is 5.68. The number of sulfonamides is 1. The topological polar surface area (TPSA) is 118 Å². The first-order valence-corrected chi connectivity index (χ1v) is 14.1. The summed E-state index contributed by atoms with van der Waals surface area (Å²) in [5.41, 5.74) is 0.991. The molecule has 1 N–H and O–H groups in total. The molecule has 1 aliphatic carbocycles. The van der Waals surface area contributed by atoms with Gasteiger partial charge in [-0.25, -0.2) is 32.7 Å². The predicted octanol–water partition coefficient (Wildman–Crippen LogP) is 4.07. The average Bonchev–Trinajstić information content (AvgIpc) is 3.72. The third-order valence-electron chi connectivity index (χ3n) is 7.20. The van der Waals surface area contributed by atoms with Crippen LogP contribution in [0.25, 0.3) is 11.3 Å². The molecule has 1 saturated carbocycles. The number of rotatable bonds is 7. The van der Waals surface area contributed by atoms with Crippen molar-refractivity contribution < 1.29 is 30.8 Å². The Kier molecular flexibility index (Phi) is 7.33. The van der Waals surface area contributed by atoms with Crippen LogP contribution >= 0.6 is 0 Å². The second-order valence-electron chi connectivity index (χ2n) is 10.1. The van der Waals surface area contributed by atoms with E-state index in [4.69, 9.17) is 0 Å². The van der Waals surface area contributed by atoms with Gasteiger partial charge in [0.1, 0.15) is 17.7 Å². The molecule has 3 aromatic rings. The summed E-state index contributed by atoms with van der Waals surface area (Å²) in [7, 11) is -4.09. The van der Waals surface area contributed by atoms with Gasteiger partial charge in [-0.3, -0.25) is 4.79 Å². The van der Waals surface area contributed by atoms with Gasteiger partial charge in [0.05, 0.1) is 22.8 Å². The van der Waals surface area contributed by atoms with Crippen molar-refractivity contribution in [3.05, 3.63) is 65.9 Å². The summed E-state index contributed by atoms with van der Waals surface area (Å²) in [4.78, 5) is 29.0. The Hall–Kier alpha value is -3.52. The molecule has 1 aliphatic heterocycles. The number of hydrogen-bond donors (Lipinski definition) is 1. The molecule has 0 unspecified atom stereocenters. The number of benzene rings is 1. The summed E-state index contributed by atoms with van der Waals surface area (Å²) in [6.45, 7) is 3.53. The zero-order chi connectivity index (χ0) is 28.8. The Morgan fingerprint density at radius 1 is 1.07 bits per heavy atom. The van der Waals surface area contributed by atoms with Crippen LogP contribution in [0.4, 0.5) is 17.6 Å². The van der Waals surface area contributed by atoms with Crippen LogP contribution in [0.15, 0.2) is 47.6 Å². The lowest BCUT2D eigenvalue weighted by Gasteiger charge is -2.27. The quantitative estimate of drug-likeness (QED) is 0.420. The molecule has 0 bridgehead atoms. The van der Waals surface area contributed by atoms with Crippen LogP contribution in [0.5, 0.6) is 0 Å². The fraction of sp³-hybridized carbons (Fsp3) is 0.423. The fourth-order valence-corrected chi connectivity index (χ4v) is 6.59. The molecular formula is C26H26F4N6O3S. The first kappa shape index (κ1) is 28.0. The van der Waals surface area contributed by atoms with Crippen molar-refractivity contribution in [2.24, 2.45) is 5.92 Å². The van der Waals surface area contributed by atoms with E-state index >= 15 is 0 Å². The van der Waals surface area contributed by atoms with Gasteiger partial charge in [-0.2, -0.15) is 17.5 Å². The number of halogens is 4. The van der Waals surface area contributed by atoms with Crippen LogP contribution < -0.4 is 5.32 Å². The van der Waals surface area contributed by atoms with Crippen molar-refractivity contribution in [3.8, 4) is 11.3 Å². The maximum Gasteiger partial charge on any atom is 0.451 e. The molecule has 1 aromatic carbocycles. The fourth-order valence-electron chi connectivity index (χ4n) is 4.71. The summed E-state index contributed by atoms with van der Waals surface area (Å²) in [6.07, 6.45) is -0.572. The highest BCUT2D eigenvalue weighted by molar-refractivity contribution is 7.89. The third-order valence-corrected chi connectivity index (χ3v) is 9.21. The second-order valence-corrected chi connectivity index (χ2v) is 12.0. The summed E-state index contributed by atoms with van der Waals surface area (Å²) < 4.78 is 80.1. The molecule has 0 spiro atoms. The van der Waals surface area contributed by atoms with Gasteiger partial charge in [0, 0.05) is 29.9 Å². The monoisotopic (exact) mass is 578 g/mol. The molecule has 40 heavy (non-hydrogen) atoms. The molecule has 9 nitrogen and oxygen atoms in total. The van der Waals surface area contributed by atoms with E-state index in [1.165, 1.54) is 22.5 Å². The van der Waals surface area contributed by atoms with E-state index < -0.39 is 45.8 Å². The highest BCUT2D eigenvalue weighted by atomic mass is 32.2. The number of carbonyl (C=O) groups excluding carboxylic acids is 1. The highest BCUT2D eigenvalue weighted by Crippen LogP contribution is 2.39. The van der Waals surface area contributed by atoms with E-state index in [0.717, 1.165) is 37.4 Å². The van der Waals surface area contributed by atoms with Crippen molar-refractivity contribution in [3.63, 3.8) is 0 Å². The zero-order valence-electron chi connectivity index (χ0n) is 21.6. The van der Waals surface area contributed by atoms with Gasteiger partial charge in [-0.1, -0.05) is 6.92 Å². The number of nitrogens with one attached hydrogen (secondary N) is 1. The Bertz CT molecular complexity index is 1510. The van der Waals surface area contributed by atoms with E-state index in [2.05, 4.69) is 25.3 Å². The molecular weight excluding hydrogens is 552 g/mol. The Labute approximate surface area is 228 Å². The molecule has 3 atom stereocenters. The minimum absolute atomic E-state index is 0.0563. The number of nitrogens with zero attached hydrogens (tertiary/aromatic N) is 5. The Morgan fingerprint density at radius 2 is 1.73 bits per heavy atom. The van der Waals surface area contributed by atoms with Crippen molar-refractivity contribution >= 4 is 15.9 Å². The molecule has 1 amide bonds. The van der Waals surface area contributed by atoms with Crippen molar-refractivity contribution in [1.29, 1.82) is 0 Å². The average molecular weight is 579 g/mol. The normalized spacial score (nSPS) is 21.9. The van der Waals surface area contributed by atoms with Crippen LogP contribution in [0.1, 0.15) is 56.4 Å². The molecule has 212 valence electrons. The minimum atomic E-state index is -4.67. The van der Waals surface area contributed by atoms with Gasteiger partial charge in [-0.05, 0) is 62.4 Å². The first-order chi connectivity index (χ1) is 18.8. The SMILES string of the molecule is C[C@@H]1C[C@@H](C(=O)NCc2cc(-c3cnc(C(F)(F)F)nc3)nc(C3CC3)n2)N(S(=O)(=O)c2ccc(F)cc2)[C@H]1C. The van der Waals surface area contributed by atoms with E-state index in [0.29, 0.717) is 23.6 Å². The highest BCUT2D eigenvalue weighted by Gasteiger charge is 2.47. The molecule has 5 rings (SSSR count). The lowest BCUT2D eigenvalue weighted by atomic mass is 10.0. The number of amides is 1. The number of hydrogen-bond acceptors (Lipinski definition) is 7. The zero-order valence-corrected chi connectivity index (χ0v) is 22.4. The van der Waals surface area contributed by atoms with Crippen molar-refractivity contribution in [2.45, 2.75) is 68.7 Å². The smallest absolute Gasteiger partial charge is 0.349 e. The number of alkyl halides is 3. The van der Waals surface area contributed by atoms with E-state index in [-0.39, 0.29) is 28.8 Å². The van der Waals surface area contributed by atoms with Gasteiger partial charge in [0.25, 0.3) is 0 Å². The molecule has 2 aliphatic rings. The molecule has 1 saturated heterocycles. The van der Waals surface area contributed by atoms with Crippen LogP contribution in [0.2, 0.25) is 0 Å². The molecule has 14 heteroatoms. The number of aromatic nitrogens is 4. The van der Waals surface area contributed by atoms with Crippen LogP contribution in [-0.2, 0) is 27.5 Å². The van der Waals surface area contributed by atoms with E-state index in [1.807, 2.05) is 6.92 Å². The van der Waals surface area contributed by atoms with Crippen LogP contribution in [0, 0.1) is 11.7 Å². The standard InChI is InChI=1S/C26H26F4N6O3S/c1-14-9-22(36(15(14)2)40(38,39)20-7-5-18(27)6-8-20)24(37)31-13-19-10-21(35-23(34-19)16-3-4-16)17-11-32-25(33-12-17)26(28,29)30/h5-8,10-12,14-16,22H,3-4,9,13H2,1-2H3,(H,31,37)/t14-,15+,22+/m1/s1. The van der Waals surface area contributed by atoms with Crippen molar-refractivity contribution in [1.82, 2.24) is 29.6 Å². The molecule has 3 heterocycles. The van der Waals surface area contributed by atoms with Gasteiger partial charge in [-0.15, -0.1) is 0 Å². The van der Waals surface area contributed by atoms with Gasteiger partial charge in [0.2, 0.25) is 21.8 Å². The van der Waals surface area contributed by atoms with Crippen LogP contribution in [0.3, 0.4) is 0 Å². The lowest BCUT2D eigenvalue weighted by molar-refractivity contribution is -0.145. The molecule has 2 aromatic heterocycles. The maximum atomic E-state index is 13.4. The van der Waals surface area contributed by atoms with Gasteiger partial charge < -0.3 is 5.32 Å². The van der Waals surface area contributed by atoms with Gasteiger partial charge in [0.15, 0.2) is 0 Å². The minimum Gasteiger partial charge on any atom is -0.349 e. The molecule has 2 fully saturated rings. The Morgan fingerprint density at radius 3 is 2.33 bits per heavy atom. The maximum absolute atomic E-state index is 13.4.